The number of benzene rings is 1. The second-order valence-electron chi connectivity index (χ2n) is 8.03. The van der Waals surface area contributed by atoms with Gasteiger partial charge in [0.2, 0.25) is 5.78 Å². The molecule has 2 amide bonds. The zero-order valence-electron chi connectivity index (χ0n) is 17.9. The van der Waals surface area contributed by atoms with Gasteiger partial charge in [0.25, 0.3) is 0 Å². The van der Waals surface area contributed by atoms with E-state index in [9.17, 15) is 9.59 Å². The minimum Gasteiger partial charge on any atom is -0.379 e. The topological polar surface area (TPSA) is 88.5 Å². The number of urea groups is 1. The number of carbonyl (C=O) groups excluding carboxylic acids is 2. The number of aromatic nitrogens is 2. The molecule has 8 nitrogen and oxygen atoms in total. The number of nitrogens with one attached hydrogen (secondary N) is 2. The standard InChI is InChI=1S/C22H31N5O3/c1-16(2)14-19(27-10-12-30-13-11-27)15-24-22(29)25-18-6-4-17(5-7-18)20(28)21-23-8-9-26(21)3/h4-9,16,19H,10-15H2,1-3H3,(H2,24,25,29)/t19-/m0/s1. The molecule has 162 valence electrons. The van der Waals surface area contributed by atoms with Crippen LogP contribution in [-0.2, 0) is 11.8 Å². The van der Waals surface area contributed by atoms with Gasteiger partial charge in [0.05, 0.1) is 13.2 Å². The Morgan fingerprint density at radius 1 is 1.17 bits per heavy atom. The minimum absolute atomic E-state index is 0.152. The first-order valence-corrected chi connectivity index (χ1v) is 10.4. The lowest BCUT2D eigenvalue weighted by molar-refractivity contribution is 0.0130. The summed E-state index contributed by atoms with van der Waals surface area (Å²) in [6.45, 7) is 8.25. The van der Waals surface area contributed by atoms with Crippen molar-refractivity contribution < 1.29 is 14.3 Å². The number of hydrogen-bond acceptors (Lipinski definition) is 5. The second kappa shape index (κ2) is 10.4. The lowest BCUT2D eigenvalue weighted by atomic mass is 10.0. The molecule has 0 spiro atoms. The molecule has 8 heteroatoms. The van der Waals surface area contributed by atoms with Gasteiger partial charge in [-0.1, -0.05) is 13.8 Å². The van der Waals surface area contributed by atoms with Crippen LogP contribution in [0, 0.1) is 5.92 Å². The van der Waals surface area contributed by atoms with Crippen molar-refractivity contribution in [3.05, 3.63) is 48.0 Å². The molecule has 2 aromatic rings. The number of nitrogens with zero attached hydrogens (tertiary/aromatic N) is 3. The van der Waals surface area contributed by atoms with E-state index in [0.717, 1.165) is 32.7 Å². The van der Waals surface area contributed by atoms with Gasteiger partial charge < -0.3 is 19.9 Å². The van der Waals surface area contributed by atoms with Gasteiger partial charge in [0.15, 0.2) is 5.82 Å². The second-order valence-corrected chi connectivity index (χ2v) is 8.03. The quantitative estimate of drug-likeness (QED) is 0.649. The summed E-state index contributed by atoms with van der Waals surface area (Å²) in [5, 5.41) is 5.83. The van der Waals surface area contributed by atoms with E-state index in [1.165, 1.54) is 0 Å². The molecule has 1 aromatic carbocycles. The molecule has 2 heterocycles. The molecule has 30 heavy (non-hydrogen) atoms. The van der Waals surface area contributed by atoms with Crippen molar-refractivity contribution in [3.8, 4) is 0 Å². The Bertz CT molecular complexity index is 841. The first kappa shape index (κ1) is 22.0. The van der Waals surface area contributed by atoms with Crippen LogP contribution in [0.5, 0.6) is 0 Å². The van der Waals surface area contributed by atoms with Gasteiger partial charge >= 0.3 is 6.03 Å². The van der Waals surface area contributed by atoms with Gasteiger partial charge in [-0.15, -0.1) is 0 Å². The molecule has 1 saturated heterocycles. The van der Waals surface area contributed by atoms with E-state index in [0.29, 0.717) is 29.5 Å². The highest BCUT2D eigenvalue weighted by Crippen LogP contribution is 2.14. The number of rotatable bonds is 8. The van der Waals surface area contributed by atoms with Gasteiger partial charge in [0.1, 0.15) is 0 Å². The van der Waals surface area contributed by atoms with Gasteiger partial charge in [0, 0.05) is 56.4 Å². The van der Waals surface area contributed by atoms with Crippen molar-refractivity contribution in [2.75, 3.05) is 38.2 Å². The molecular formula is C22H31N5O3. The van der Waals surface area contributed by atoms with E-state index in [1.54, 1.807) is 48.3 Å². The average molecular weight is 414 g/mol. The summed E-state index contributed by atoms with van der Waals surface area (Å²) in [5.74, 6) is 0.778. The van der Waals surface area contributed by atoms with Crippen molar-refractivity contribution in [1.29, 1.82) is 0 Å². The highest BCUT2D eigenvalue weighted by molar-refractivity contribution is 6.07. The van der Waals surface area contributed by atoms with Crippen molar-refractivity contribution in [1.82, 2.24) is 19.8 Å². The van der Waals surface area contributed by atoms with E-state index >= 15 is 0 Å². The van der Waals surface area contributed by atoms with Gasteiger partial charge in [-0.05, 0) is 36.6 Å². The van der Waals surface area contributed by atoms with Crippen LogP contribution in [0.2, 0.25) is 0 Å². The normalized spacial score (nSPS) is 15.7. The largest absolute Gasteiger partial charge is 0.379 e. The molecule has 1 fully saturated rings. The van der Waals surface area contributed by atoms with Crippen LogP contribution >= 0.6 is 0 Å². The zero-order chi connectivity index (χ0) is 21.5. The number of hydrogen-bond donors (Lipinski definition) is 2. The Balaban J connectivity index is 1.53. The summed E-state index contributed by atoms with van der Waals surface area (Å²) in [7, 11) is 1.78. The maximum absolute atomic E-state index is 12.5. The average Bonchev–Trinajstić information content (AvgIpc) is 3.17. The third-order valence-electron chi connectivity index (χ3n) is 5.23. The molecule has 1 aliphatic heterocycles. The monoisotopic (exact) mass is 413 g/mol. The first-order valence-electron chi connectivity index (χ1n) is 10.4. The fraction of sp³-hybridized carbons (Fsp3) is 0.500. The SMILES string of the molecule is CC(C)C[C@@H](CNC(=O)Nc1ccc(C(=O)c2nccn2C)cc1)N1CCOCC1. The minimum atomic E-state index is -0.250. The van der Waals surface area contributed by atoms with Crippen LogP contribution in [-0.4, -0.2) is 65.2 Å². The molecule has 0 radical (unpaired) electrons. The van der Waals surface area contributed by atoms with Crippen LogP contribution in [0.1, 0.15) is 36.5 Å². The third kappa shape index (κ3) is 5.90. The van der Waals surface area contributed by atoms with Crippen molar-refractivity contribution in [3.63, 3.8) is 0 Å². The molecule has 0 saturated carbocycles. The van der Waals surface area contributed by atoms with E-state index in [1.807, 2.05) is 0 Å². The maximum atomic E-state index is 12.5. The molecular weight excluding hydrogens is 382 g/mol. The van der Waals surface area contributed by atoms with Crippen LogP contribution in [0.3, 0.4) is 0 Å². The predicted octanol–water partition coefficient (Wildman–Crippen LogP) is 2.52. The van der Waals surface area contributed by atoms with Crippen LogP contribution in [0.4, 0.5) is 10.5 Å². The Morgan fingerprint density at radius 2 is 1.87 bits per heavy atom. The first-order chi connectivity index (χ1) is 14.4. The van der Waals surface area contributed by atoms with Gasteiger partial charge in [-0.3, -0.25) is 9.69 Å². The summed E-state index contributed by atoms with van der Waals surface area (Å²) in [4.78, 5) is 31.3. The molecule has 2 N–H and O–H groups in total. The molecule has 1 aliphatic rings. The summed E-state index contributed by atoms with van der Waals surface area (Å²) in [5.41, 5.74) is 1.16. The number of aryl methyl sites for hydroxylation is 1. The van der Waals surface area contributed by atoms with Crippen LogP contribution < -0.4 is 10.6 Å². The number of amides is 2. The fourth-order valence-electron chi connectivity index (χ4n) is 3.65. The van der Waals surface area contributed by atoms with E-state index in [-0.39, 0.29) is 17.9 Å². The smallest absolute Gasteiger partial charge is 0.319 e. The summed E-state index contributed by atoms with van der Waals surface area (Å²) >= 11 is 0. The molecule has 1 aromatic heterocycles. The maximum Gasteiger partial charge on any atom is 0.319 e. The fourth-order valence-corrected chi connectivity index (χ4v) is 3.65. The van der Waals surface area contributed by atoms with Crippen molar-refractivity contribution >= 4 is 17.5 Å². The highest BCUT2D eigenvalue weighted by Gasteiger charge is 2.22. The number of anilines is 1. The lowest BCUT2D eigenvalue weighted by Gasteiger charge is -2.35. The Kier molecular flexibility index (Phi) is 7.59. The Labute approximate surface area is 177 Å². The lowest BCUT2D eigenvalue weighted by Crippen LogP contribution is -2.49. The summed E-state index contributed by atoms with van der Waals surface area (Å²) in [6.07, 6.45) is 4.35. The predicted molar refractivity (Wildman–Crippen MR) is 116 cm³/mol. The van der Waals surface area contributed by atoms with Crippen molar-refractivity contribution in [2.45, 2.75) is 26.3 Å². The molecule has 3 rings (SSSR count). The summed E-state index contributed by atoms with van der Waals surface area (Å²) in [6, 6.07) is 6.88. The number of ether oxygens (including phenoxy) is 1. The molecule has 1 atom stereocenters. The Morgan fingerprint density at radius 3 is 2.47 bits per heavy atom. The van der Waals surface area contributed by atoms with Crippen LogP contribution in [0.25, 0.3) is 0 Å². The molecule has 0 bridgehead atoms. The highest BCUT2D eigenvalue weighted by atomic mass is 16.5. The van der Waals surface area contributed by atoms with E-state index in [4.69, 9.17) is 4.74 Å². The number of ketones is 1. The van der Waals surface area contributed by atoms with Crippen LogP contribution in [0.15, 0.2) is 36.7 Å². The van der Waals surface area contributed by atoms with E-state index < -0.39 is 0 Å². The zero-order valence-corrected chi connectivity index (χ0v) is 17.9. The molecule has 0 unspecified atom stereocenters. The van der Waals surface area contributed by atoms with Crippen molar-refractivity contribution in [2.24, 2.45) is 13.0 Å². The number of imidazole rings is 1. The number of morpholine rings is 1. The molecule has 0 aliphatic carbocycles. The van der Waals surface area contributed by atoms with Gasteiger partial charge in [-0.2, -0.15) is 0 Å². The van der Waals surface area contributed by atoms with Gasteiger partial charge in [-0.25, -0.2) is 9.78 Å². The third-order valence-corrected chi connectivity index (χ3v) is 5.23. The number of carbonyl (C=O) groups is 2. The Hall–Kier alpha value is -2.71. The summed E-state index contributed by atoms with van der Waals surface area (Å²) < 4.78 is 7.13. The van der Waals surface area contributed by atoms with E-state index in [2.05, 4.69) is 34.4 Å².